The fourth-order valence-electron chi connectivity index (χ4n) is 1.49. The quantitative estimate of drug-likeness (QED) is 0.718. The molecule has 0 radical (unpaired) electrons. The molecule has 0 saturated heterocycles. The normalized spacial score (nSPS) is 11.7. The van der Waals surface area contributed by atoms with Gasteiger partial charge in [-0.3, -0.25) is 4.98 Å². The Kier molecular flexibility index (Phi) is 3.01. The van der Waals surface area contributed by atoms with Crippen molar-refractivity contribution in [3.8, 4) is 0 Å². The first-order chi connectivity index (χ1) is 6.08. The van der Waals surface area contributed by atoms with Gasteiger partial charge in [0.1, 0.15) is 0 Å². The molecule has 0 fully saturated rings. The average molecular weight is 180 g/mol. The van der Waals surface area contributed by atoms with Crippen molar-refractivity contribution in [3.05, 3.63) is 29.6 Å². The highest BCUT2D eigenvalue weighted by atomic mass is 16.6. The summed E-state index contributed by atoms with van der Waals surface area (Å²) in [5.74, 6) is 5.08. The van der Waals surface area contributed by atoms with E-state index in [0.29, 0.717) is 6.61 Å². The standard InChI is InChI=1S/C10H16N2O/c1-8-9(5-4-6-12-8)10(2,3)7-13-11/h4-6H,7,11H2,1-3H3. The minimum atomic E-state index is -0.0763. The monoisotopic (exact) mass is 180 g/mol. The average Bonchev–Trinajstić information content (AvgIpc) is 2.04. The van der Waals surface area contributed by atoms with Crippen LogP contribution in [0.15, 0.2) is 18.3 Å². The fraction of sp³-hybridized carbons (Fsp3) is 0.500. The summed E-state index contributed by atoms with van der Waals surface area (Å²) in [6.45, 7) is 6.67. The molecule has 1 rings (SSSR count). The topological polar surface area (TPSA) is 48.1 Å². The molecule has 3 heteroatoms. The summed E-state index contributed by atoms with van der Waals surface area (Å²) in [7, 11) is 0. The SMILES string of the molecule is Cc1ncccc1C(C)(C)CON. The van der Waals surface area contributed by atoms with Crippen molar-refractivity contribution in [1.82, 2.24) is 4.98 Å². The molecule has 0 spiro atoms. The molecular weight excluding hydrogens is 164 g/mol. The van der Waals surface area contributed by atoms with Gasteiger partial charge in [-0.1, -0.05) is 19.9 Å². The van der Waals surface area contributed by atoms with E-state index in [1.165, 1.54) is 5.56 Å². The Labute approximate surface area is 78.9 Å². The highest BCUT2D eigenvalue weighted by Gasteiger charge is 2.22. The summed E-state index contributed by atoms with van der Waals surface area (Å²) in [6.07, 6.45) is 1.79. The lowest BCUT2D eigenvalue weighted by molar-refractivity contribution is 0.0960. The van der Waals surface area contributed by atoms with E-state index in [2.05, 4.69) is 29.7 Å². The zero-order valence-electron chi connectivity index (χ0n) is 8.37. The Morgan fingerprint density at radius 1 is 1.54 bits per heavy atom. The molecular formula is C10H16N2O. The molecule has 0 bridgehead atoms. The van der Waals surface area contributed by atoms with Gasteiger partial charge in [-0.2, -0.15) is 0 Å². The first-order valence-electron chi connectivity index (χ1n) is 4.32. The highest BCUT2D eigenvalue weighted by molar-refractivity contribution is 5.26. The Bertz CT molecular complexity index is 284. The number of rotatable bonds is 3. The Hall–Kier alpha value is -0.930. The number of nitrogens with two attached hydrogens (primary N) is 1. The van der Waals surface area contributed by atoms with E-state index in [0.717, 1.165) is 5.69 Å². The summed E-state index contributed by atoms with van der Waals surface area (Å²) in [6, 6.07) is 3.99. The molecule has 3 nitrogen and oxygen atoms in total. The van der Waals surface area contributed by atoms with E-state index >= 15 is 0 Å². The van der Waals surface area contributed by atoms with Crippen molar-refractivity contribution in [2.24, 2.45) is 5.90 Å². The van der Waals surface area contributed by atoms with Crippen molar-refractivity contribution >= 4 is 0 Å². The Morgan fingerprint density at radius 3 is 2.77 bits per heavy atom. The third-order valence-electron chi connectivity index (χ3n) is 2.18. The van der Waals surface area contributed by atoms with Crippen LogP contribution in [-0.2, 0) is 10.3 Å². The molecule has 0 saturated carbocycles. The van der Waals surface area contributed by atoms with Gasteiger partial charge in [-0.15, -0.1) is 0 Å². The van der Waals surface area contributed by atoms with Crippen LogP contribution in [0.1, 0.15) is 25.1 Å². The molecule has 13 heavy (non-hydrogen) atoms. The van der Waals surface area contributed by atoms with Gasteiger partial charge in [-0.05, 0) is 18.6 Å². The van der Waals surface area contributed by atoms with E-state index in [-0.39, 0.29) is 5.41 Å². The molecule has 0 aromatic carbocycles. The lowest BCUT2D eigenvalue weighted by Gasteiger charge is -2.24. The number of nitrogens with zero attached hydrogens (tertiary/aromatic N) is 1. The Morgan fingerprint density at radius 2 is 2.23 bits per heavy atom. The minimum Gasteiger partial charge on any atom is -0.304 e. The summed E-state index contributed by atoms with van der Waals surface area (Å²) < 4.78 is 0. The fourth-order valence-corrected chi connectivity index (χ4v) is 1.49. The van der Waals surface area contributed by atoms with Gasteiger partial charge in [0, 0.05) is 17.3 Å². The Balaban J connectivity index is 2.99. The van der Waals surface area contributed by atoms with E-state index in [1.54, 1.807) is 6.20 Å². The summed E-state index contributed by atoms with van der Waals surface area (Å²) in [5, 5.41) is 0. The summed E-state index contributed by atoms with van der Waals surface area (Å²) in [4.78, 5) is 8.92. The molecule has 72 valence electrons. The van der Waals surface area contributed by atoms with Crippen molar-refractivity contribution in [2.45, 2.75) is 26.2 Å². The van der Waals surface area contributed by atoms with E-state index in [1.807, 2.05) is 13.0 Å². The van der Waals surface area contributed by atoms with Crippen LogP contribution in [0.4, 0.5) is 0 Å². The predicted molar refractivity (Wildman–Crippen MR) is 52.1 cm³/mol. The number of aryl methyl sites for hydroxylation is 1. The maximum Gasteiger partial charge on any atom is 0.0771 e. The lowest BCUT2D eigenvalue weighted by atomic mass is 9.85. The highest BCUT2D eigenvalue weighted by Crippen LogP contribution is 2.24. The van der Waals surface area contributed by atoms with Crippen molar-refractivity contribution in [2.75, 3.05) is 6.61 Å². The lowest BCUT2D eigenvalue weighted by Crippen LogP contribution is -2.27. The molecule has 0 aliphatic carbocycles. The van der Waals surface area contributed by atoms with Crippen molar-refractivity contribution in [3.63, 3.8) is 0 Å². The molecule has 0 atom stereocenters. The van der Waals surface area contributed by atoms with E-state index < -0.39 is 0 Å². The summed E-state index contributed by atoms with van der Waals surface area (Å²) in [5.41, 5.74) is 2.14. The smallest absolute Gasteiger partial charge is 0.0771 e. The zero-order chi connectivity index (χ0) is 9.90. The van der Waals surface area contributed by atoms with Gasteiger partial charge >= 0.3 is 0 Å². The number of pyridine rings is 1. The van der Waals surface area contributed by atoms with Crippen LogP contribution in [0, 0.1) is 6.92 Å². The molecule has 1 aromatic heterocycles. The van der Waals surface area contributed by atoms with Crippen LogP contribution in [0.2, 0.25) is 0 Å². The van der Waals surface area contributed by atoms with Crippen LogP contribution in [0.5, 0.6) is 0 Å². The second-order valence-corrected chi connectivity index (χ2v) is 3.83. The molecule has 1 aromatic rings. The molecule has 0 unspecified atom stereocenters. The van der Waals surface area contributed by atoms with Gasteiger partial charge < -0.3 is 4.84 Å². The zero-order valence-corrected chi connectivity index (χ0v) is 8.37. The molecule has 0 aliphatic heterocycles. The first kappa shape index (κ1) is 10.2. The van der Waals surface area contributed by atoms with E-state index in [4.69, 9.17) is 5.90 Å². The van der Waals surface area contributed by atoms with Crippen molar-refractivity contribution in [1.29, 1.82) is 0 Å². The van der Waals surface area contributed by atoms with Gasteiger partial charge in [0.05, 0.1) is 6.61 Å². The number of aromatic nitrogens is 1. The molecule has 1 heterocycles. The second-order valence-electron chi connectivity index (χ2n) is 3.83. The largest absolute Gasteiger partial charge is 0.304 e. The third kappa shape index (κ3) is 2.26. The second kappa shape index (κ2) is 3.85. The van der Waals surface area contributed by atoms with Gasteiger partial charge in [0.2, 0.25) is 0 Å². The first-order valence-corrected chi connectivity index (χ1v) is 4.32. The van der Waals surface area contributed by atoms with Crippen LogP contribution < -0.4 is 5.90 Å². The van der Waals surface area contributed by atoms with Crippen LogP contribution in [0.25, 0.3) is 0 Å². The number of hydrogen-bond donors (Lipinski definition) is 1. The predicted octanol–water partition coefficient (Wildman–Crippen LogP) is 1.56. The number of hydrogen-bond acceptors (Lipinski definition) is 3. The summed E-state index contributed by atoms with van der Waals surface area (Å²) >= 11 is 0. The third-order valence-corrected chi connectivity index (χ3v) is 2.18. The van der Waals surface area contributed by atoms with Crippen molar-refractivity contribution < 1.29 is 4.84 Å². The van der Waals surface area contributed by atoms with Gasteiger partial charge in [0.25, 0.3) is 0 Å². The maximum atomic E-state index is 5.08. The van der Waals surface area contributed by atoms with Crippen LogP contribution >= 0.6 is 0 Å². The maximum absolute atomic E-state index is 5.08. The van der Waals surface area contributed by atoms with E-state index in [9.17, 15) is 0 Å². The van der Waals surface area contributed by atoms with Crippen LogP contribution in [-0.4, -0.2) is 11.6 Å². The molecule has 0 amide bonds. The molecule has 0 aliphatic rings. The van der Waals surface area contributed by atoms with Gasteiger partial charge in [0.15, 0.2) is 0 Å². The van der Waals surface area contributed by atoms with Gasteiger partial charge in [-0.25, -0.2) is 5.90 Å². The van der Waals surface area contributed by atoms with Crippen LogP contribution in [0.3, 0.4) is 0 Å². The minimum absolute atomic E-state index is 0.0763. The molecule has 2 N–H and O–H groups in total.